The monoisotopic (exact) mass is 710 g/mol. The zero-order valence-electron chi connectivity index (χ0n) is 29.6. The molecule has 9 nitrogen and oxygen atoms in total. The lowest BCUT2D eigenvalue weighted by molar-refractivity contribution is -0.136. The van der Waals surface area contributed by atoms with Gasteiger partial charge in [-0.05, 0) is 101 Å². The number of likely N-dealkylation sites (N-methyl/N-ethyl adjacent to an activating group) is 1. The van der Waals surface area contributed by atoms with Crippen LogP contribution in [-0.2, 0) is 18.3 Å². The van der Waals surface area contributed by atoms with Gasteiger partial charge < -0.3 is 20.0 Å². The number of halogens is 1. The average molecular weight is 711 g/mol. The Hall–Kier alpha value is -4.35. The lowest BCUT2D eigenvalue weighted by Gasteiger charge is -2.33. The van der Waals surface area contributed by atoms with Crippen molar-refractivity contribution in [1.82, 2.24) is 24.6 Å². The fourth-order valence-corrected chi connectivity index (χ4v) is 7.50. The van der Waals surface area contributed by atoms with Crippen LogP contribution in [-0.4, -0.2) is 79.7 Å². The molecule has 0 unspecified atom stereocenters. The Morgan fingerprint density at radius 2 is 1.56 bits per heavy atom. The number of hydrogen-bond donors (Lipinski definition) is 2. The normalized spacial score (nSPS) is 13.9. The van der Waals surface area contributed by atoms with E-state index in [1.165, 1.54) is 0 Å². The Morgan fingerprint density at radius 3 is 2.22 bits per heavy atom. The third-order valence-electron chi connectivity index (χ3n) is 8.69. The second-order valence-electron chi connectivity index (χ2n) is 14.0. The van der Waals surface area contributed by atoms with Crippen molar-refractivity contribution in [1.29, 1.82) is 0 Å². The van der Waals surface area contributed by atoms with E-state index in [9.17, 15) is 9.90 Å². The fourth-order valence-electron chi connectivity index (χ4n) is 6.24. The van der Waals surface area contributed by atoms with Crippen LogP contribution in [0.3, 0.4) is 0 Å². The molecule has 1 aliphatic rings. The molecule has 7 rings (SSSR count). The van der Waals surface area contributed by atoms with Crippen molar-refractivity contribution in [2.45, 2.75) is 46.6 Å². The van der Waals surface area contributed by atoms with E-state index in [-0.39, 0.29) is 6.42 Å². The Bertz CT molecular complexity index is 2190. The van der Waals surface area contributed by atoms with E-state index in [1.54, 1.807) is 32.1 Å². The molecule has 1 aliphatic heterocycles. The zero-order chi connectivity index (χ0) is 35.9. The first-order valence-corrected chi connectivity index (χ1v) is 17.9. The van der Waals surface area contributed by atoms with Crippen molar-refractivity contribution >= 4 is 55.8 Å². The first-order valence-electron chi connectivity index (χ1n) is 16.7. The fraction of sp³-hybridized carbons (Fsp3) is 0.333. The molecule has 11 heteroatoms. The number of carbonyl (C=O) groups is 1. The number of piperazine rings is 1. The lowest BCUT2D eigenvalue weighted by atomic mass is 9.93. The number of rotatable bonds is 6. The number of aryl methyl sites for hydroxylation is 3. The van der Waals surface area contributed by atoms with Crippen LogP contribution in [0.15, 0.2) is 60.7 Å². The minimum atomic E-state index is -0.867. The van der Waals surface area contributed by atoms with E-state index in [4.69, 9.17) is 26.7 Å². The maximum atomic E-state index is 12.0. The Labute approximate surface area is 301 Å². The van der Waals surface area contributed by atoms with Gasteiger partial charge in [0.05, 0.1) is 39.1 Å². The Kier molecular flexibility index (Phi) is 10.0. The number of aliphatic hydroxyl groups is 1. The van der Waals surface area contributed by atoms with Gasteiger partial charge in [0.1, 0.15) is 10.8 Å². The van der Waals surface area contributed by atoms with E-state index in [0.29, 0.717) is 5.02 Å². The van der Waals surface area contributed by atoms with E-state index in [0.717, 1.165) is 103 Å². The summed E-state index contributed by atoms with van der Waals surface area (Å²) in [6, 6.07) is 20.3. The maximum absolute atomic E-state index is 12.0. The minimum Gasteiger partial charge on any atom is -0.481 e. The number of aliphatic carboxylic acids is 1. The largest absolute Gasteiger partial charge is 0.481 e. The summed E-state index contributed by atoms with van der Waals surface area (Å²) in [4.78, 5) is 27.0. The Morgan fingerprint density at radius 1 is 0.900 bits per heavy atom. The first-order chi connectivity index (χ1) is 23.6. The van der Waals surface area contributed by atoms with Gasteiger partial charge in [-0.1, -0.05) is 29.8 Å². The molecule has 4 heterocycles. The van der Waals surface area contributed by atoms with E-state index >= 15 is 0 Å². The lowest BCUT2D eigenvalue weighted by Crippen LogP contribution is -2.44. The Balaban J connectivity index is 0.000000808. The second kappa shape index (κ2) is 14.1. The molecular weight excluding hydrogens is 668 g/mol. The van der Waals surface area contributed by atoms with Crippen molar-refractivity contribution in [3.63, 3.8) is 0 Å². The van der Waals surface area contributed by atoms with Gasteiger partial charge in [0.2, 0.25) is 0 Å². The highest BCUT2D eigenvalue weighted by Crippen LogP contribution is 2.42. The first kappa shape index (κ1) is 35.5. The topological polar surface area (TPSA) is 108 Å². The maximum Gasteiger partial charge on any atom is 0.307 e. The molecule has 6 aromatic rings. The molecule has 0 spiro atoms. The summed E-state index contributed by atoms with van der Waals surface area (Å²) in [5.74, 6) is 0.0624. The number of aromatic nitrogens is 4. The molecule has 0 atom stereocenters. The van der Waals surface area contributed by atoms with Crippen molar-refractivity contribution < 1.29 is 15.0 Å². The van der Waals surface area contributed by atoms with Gasteiger partial charge in [-0.15, -0.1) is 11.3 Å². The van der Waals surface area contributed by atoms with E-state index in [2.05, 4.69) is 52.3 Å². The number of benzene rings is 3. The molecule has 260 valence electrons. The third kappa shape index (κ3) is 7.84. The van der Waals surface area contributed by atoms with Gasteiger partial charge in [-0.25, -0.2) is 9.97 Å². The molecule has 1 fully saturated rings. The summed E-state index contributed by atoms with van der Waals surface area (Å²) in [5, 5.41) is 25.5. The van der Waals surface area contributed by atoms with Gasteiger partial charge in [0.15, 0.2) is 0 Å². The second-order valence-corrected chi connectivity index (χ2v) is 15.4. The quantitative estimate of drug-likeness (QED) is 0.179. The SMILES string of the molecule is CC(C)(C)O.Cc1cc2nc(-c3cc(-c4ccc5c(c4)c(C)nn5C)nc(N4CCN(C)CC4)c3)sc2c(-c2ccc(Cl)cc2)c1CC(=O)O. The standard InChI is InChI=1S/C35H33ClN6O2S.C4H10O/c1-20-15-29-34(33(26(20)19-32(43)44)22-5-8-25(36)9-6-22)45-35(38-29)24-17-28(37-31(18-24)42-13-11-40(3)12-14-42)23-7-10-30-27(16-23)21(2)39-41(30)4;1-4(2,3)5/h5-10,15-18H,11-14,19H2,1-4H3,(H,43,44);5H,1-3H3. The predicted octanol–water partition coefficient (Wildman–Crippen LogP) is 8.01. The van der Waals surface area contributed by atoms with Crippen molar-refractivity contribution in [3.05, 3.63) is 82.5 Å². The zero-order valence-corrected chi connectivity index (χ0v) is 31.2. The number of carboxylic acids is 1. The van der Waals surface area contributed by atoms with Gasteiger partial charge in [0.25, 0.3) is 0 Å². The van der Waals surface area contributed by atoms with Crippen molar-refractivity contribution in [2.75, 3.05) is 38.1 Å². The molecular formula is C39H43ClN6O3S. The number of fused-ring (bicyclic) bond motifs is 2. The molecule has 0 radical (unpaired) electrons. The number of thiazole rings is 1. The summed E-state index contributed by atoms with van der Waals surface area (Å²) >= 11 is 7.82. The van der Waals surface area contributed by atoms with Crippen molar-refractivity contribution in [2.24, 2.45) is 7.05 Å². The highest BCUT2D eigenvalue weighted by molar-refractivity contribution is 7.22. The average Bonchev–Trinajstić information content (AvgIpc) is 3.60. The summed E-state index contributed by atoms with van der Waals surface area (Å²) in [5.41, 5.74) is 8.83. The van der Waals surface area contributed by atoms with Crippen LogP contribution in [0, 0.1) is 13.8 Å². The number of anilines is 1. The number of pyridine rings is 1. The summed E-state index contributed by atoms with van der Waals surface area (Å²) in [6.07, 6.45) is -0.0733. The number of hydrogen-bond acceptors (Lipinski definition) is 8. The van der Waals surface area contributed by atoms with E-state index < -0.39 is 11.6 Å². The molecule has 1 saturated heterocycles. The molecule has 0 bridgehead atoms. The van der Waals surface area contributed by atoms with Gasteiger partial charge >= 0.3 is 5.97 Å². The van der Waals surface area contributed by atoms with Crippen LogP contribution in [0.4, 0.5) is 5.82 Å². The van der Waals surface area contributed by atoms with Crippen LogP contribution in [0.2, 0.25) is 5.02 Å². The van der Waals surface area contributed by atoms with Crippen LogP contribution >= 0.6 is 22.9 Å². The molecule has 2 N–H and O–H groups in total. The molecule has 50 heavy (non-hydrogen) atoms. The highest BCUT2D eigenvalue weighted by Gasteiger charge is 2.22. The molecule has 0 aliphatic carbocycles. The van der Waals surface area contributed by atoms with Gasteiger partial charge in [0, 0.05) is 60.3 Å². The number of carboxylic acid groups (broad SMARTS) is 1. The molecule has 0 saturated carbocycles. The predicted molar refractivity (Wildman–Crippen MR) is 206 cm³/mol. The number of nitrogens with zero attached hydrogens (tertiary/aromatic N) is 6. The third-order valence-corrected chi connectivity index (χ3v) is 10.1. The van der Waals surface area contributed by atoms with Crippen LogP contribution in [0.1, 0.15) is 37.6 Å². The van der Waals surface area contributed by atoms with Gasteiger partial charge in [-0.3, -0.25) is 9.48 Å². The van der Waals surface area contributed by atoms with Crippen LogP contribution < -0.4 is 4.90 Å². The summed E-state index contributed by atoms with van der Waals surface area (Å²) in [7, 11) is 4.12. The molecule has 0 amide bonds. The smallest absolute Gasteiger partial charge is 0.307 e. The molecule has 3 aromatic carbocycles. The minimum absolute atomic E-state index is 0.0733. The van der Waals surface area contributed by atoms with Gasteiger partial charge in [-0.2, -0.15) is 5.10 Å². The van der Waals surface area contributed by atoms with Crippen molar-refractivity contribution in [3.8, 4) is 33.0 Å². The summed E-state index contributed by atoms with van der Waals surface area (Å²) in [6.45, 7) is 13.0. The molecule has 3 aromatic heterocycles. The van der Waals surface area contributed by atoms with Crippen LogP contribution in [0.5, 0.6) is 0 Å². The summed E-state index contributed by atoms with van der Waals surface area (Å²) < 4.78 is 2.87. The van der Waals surface area contributed by atoms with E-state index in [1.807, 2.05) is 55.9 Å². The van der Waals surface area contributed by atoms with Crippen LogP contribution in [0.25, 0.3) is 54.1 Å². The highest BCUT2D eigenvalue weighted by atomic mass is 35.5.